The van der Waals surface area contributed by atoms with Crippen LogP contribution in [0.15, 0.2) is 115 Å². The van der Waals surface area contributed by atoms with E-state index in [-0.39, 0.29) is 41.7 Å². The van der Waals surface area contributed by atoms with Gasteiger partial charge < -0.3 is 19.8 Å². The second kappa shape index (κ2) is 12.7. The maximum Gasteiger partial charge on any atom is 0.415 e. The van der Waals surface area contributed by atoms with E-state index in [4.69, 9.17) is 4.74 Å². The van der Waals surface area contributed by atoms with Gasteiger partial charge >= 0.3 is 6.09 Å². The molecule has 0 aliphatic heterocycles. The Balaban J connectivity index is 1.10. The Labute approximate surface area is 320 Å². The lowest BCUT2D eigenvalue weighted by Crippen LogP contribution is -2.67. The molecule has 3 saturated carbocycles. The highest BCUT2D eigenvalue weighted by Crippen LogP contribution is 2.78. The minimum absolute atomic E-state index is 0.0189. The molecule has 2 bridgehead atoms. The number of hydrogen-bond acceptors (Lipinski definition) is 5. The monoisotopic (exact) mass is 743 g/mol. The average molecular weight is 744 g/mol. The minimum atomic E-state index is -1.34. The number of fused-ring (bicyclic) bond motifs is 2. The second-order valence-electron chi connectivity index (χ2n) is 17.5. The molecular formula is C47H47F2NO5. The largest absolute Gasteiger partial charge is 0.415 e. The van der Waals surface area contributed by atoms with Gasteiger partial charge in [0.25, 0.3) is 0 Å². The van der Waals surface area contributed by atoms with Gasteiger partial charge in [-0.05, 0) is 109 Å². The van der Waals surface area contributed by atoms with Gasteiger partial charge in [-0.3, -0.25) is 4.79 Å². The quantitative estimate of drug-likeness (QED) is 0.146. The van der Waals surface area contributed by atoms with Gasteiger partial charge in [-0.15, -0.1) is 0 Å². The van der Waals surface area contributed by atoms with Crippen molar-refractivity contribution < 1.29 is 33.3 Å². The molecule has 8 unspecified atom stereocenters. The van der Waals surface area contributed by atoms with Crippen LogP contribution in [-0.4, -0.2) is 45.2 Å². The highest BCUT2D eigenvalue weighted by Gasteiger charge is 2.74. The average Bonchev–Trinajstić information content (AvgIpc) is 3.45. The first kappa shape index (κ1) is 36.0. The molecule has 0 heterocycles. The topological polar surface area (TPSA) is 87.1 Å². The Bertz CT molecular complexity index is 2270. The molecule has 8 atom stereocenters. The van der Waals surface area contributed by atoms with Gasteiger partial charge in [0.05, 0.1) is 18.2 Å². The number of carbonyl (C=O) groups excluding carboxylic acids is 2. The number of allylic oxidation sites excluding steroid dienone is 4. The van der Waals surface area contributed by atoms with E-state index in [0.29, 0.717) is 43.4 Å². The molecule has 6 aliphatic carbocycles. The van der Waals surface area contributed by atoms with Crippen LogP contribution in [0.25, 0.3) is 10.8 Å². The van der Waals surface area contributed by atoms with E-state index in [1.807, 2.05) is 66.7 Å². The predicted octanol–water partition coefficient (Wildman–Crippen LogP) is 9.59. The van der Waals surface area contributed by atoms with E-state index >= 15 is 0 Å². The Morgan fingerprint density at radius 3 is 2.29 bits per heavy atom. The van der Waals surface area contributed by atoms with Crippen molar-refractivity contribution >= 4 is 22.6 Å². The number of nitrogens with zero attached hydrogens (tertiary/aromatic N) is 1. The fraction of sp³-hybridized carbons (Fsp3) is 0.404. The number of halogens is 2. The first-order valence-corrected chi connectivity index (χ1v) is 19.6. The maximum atomic E-state index is 14.8. The zero-order valence-corrected chi connectivity index (χ0v) is 31.3. The molecule has 6 nitrogen and oxygen atoms in total. The van der Waals surface area contributed by atoms with Gasteiger partial charge in [0.1, 0.15) is 5.75 Å². The summed E-state index contributed by atoms with van der Waals surface area (Å²) >= 11 is 0. The summed E-state index contributed by atoms with van der Waals surface area (Å²) in [7, 11) is 0. The van der Waals surface area contributed by atoms with E-state index < -0.39 is 45.7 Å². The van der Waals surface area contributed by atoms with Crippen LogP contribution >= 0.6 is 0 Å². The van der Waals surface area contributed by atoms with E-state index in [1.54, 1.807) is 11.0 Å². The lowest BCUT2D eigenvalue weighted by molar-refractivity contribution is -0.175. The fourth-order valence-electron chi connectivity index (χ4n) is 12.1. The van der Waals surface area contributed by atoms with Gasteiger partial charge in [0, 0.05) is 33.9 Å². The number of ether oxygens (including phenoxy) is 1. The van der Waals surface area contributed by atoms with Crippen molar-refractivity contribution in [2.75, 3.05) is 6.54 Å². The van der Waals surface area contributed by atoms with Gasteiger partial charge in [-0.25, -0.2) is 13.6 Å². The highest BCUT2D eigenvalue weighted by molar-refractivity contribution is 6.10. The molecule has 55 heavy (non-hydrogen) atoms. The zero-order chi connectivity index (χ0) is 38.4. The molecule has 0 saturated heterocycles. The first-order valence-electron chi connectivity index (χ1n) is 19.6. The van der Waals surface area contributed by atoms with Crippen LogP contribution in [0.5, 0.6) is 5.75 Å². The van der Waals surface area contributed by atoms with E-state index in [0.717, 1.165) is 41.3 Å². The third-order valence-corrected chi connectivity index (χ3v) is 15.0. The molecule has 1 amide bonds. The number of Topliss-reactive ketones (excluding diaryl/α,β-unsaturated/α-hetero) is 1. The summed E-state index contributed by atoms with van der Waals surface area (Å²) in [6, 6.07) is 26.4. The standard InChI is InChI=1S/C47H47F2NO5/c1-43-19-16-34(51)26-45(43)22-23-47(36(27-45)41(52)33-13-15-37(48)38(49)25-33)39(43)17-20-44(2)40(47)18-21-46(44,54)29-50(28-30-8-4-3-5-9-30)42(53)55-35-14-12-31-10-6-7-11-32(31)24-35/h3-15,22-25,27,34,39-40,51,54H,16-21,26,28-29H2,1-2H3. The van der Waals surface area contributed by atoms with Crippen LogP contribution in [-0.2, 0) is 6.54 Å². The van der Waals surface area contributed by atoms with Crippen molar-refractivity contribution in [2.24, 2.45) is 33.5 Å². The SMILES string of the molecule is CC12CCC(O)CC13C=CC1(C(C(=O)c4ccc(F)c(F)c4)=C3)C2CCC2(C)C1CCC2(O)CN(Cc1ccccc1)C(=O)Oc1ccc2ccccc2c1. The molecule has 0 aromatic heterocycles. The number of hydrogen-bond donors (Lipinski definition) is 2. The molecule has 2 N–H and O–H groups in total. The molecule has 2 spiro atoms. The normalized spacial score (nSPS) is 34.4. The third-order valence-electron chi connectivity index (χ3n) is 15.0. The van der Waals surface area contributed by atoms with Crippen molar-refractivity contribution in [3.05, 3.63) is 138 Å². The second-order valence-corrected chi connectivity index (χ2v) is 17.5. The van der Waals surface area contributed by atoms with Crippen molar-refractivity contribution in [1.29, 1.82) is 0 Å². The highest BCUT2D eigenvalue weighted by atomic mass is 19.2. The Morgan fingerprint density at radius 1 is 0.800 bits per heavy atom. The van der Waals surface area contributed by atoms with Gasteiger partial charge in [-0.1, -0.05) is 92.7 Å². The predicted molar refractivity (Wildman–Crippen MR) is 206 cm³/mol. The summed E-state index contributed by atoms with van der Waals surface area (Å²) in [5, 5.41) is 26.1. The summed E-state index contributed by atoms with van der Waals surface area (Å²) < 4.78 is 34.8. The zero-order valence-electron chi connectivity index (χ0n) is 31.3. The number of benzene rings is 4. The Hall–Kier alpha value is -4.66. The van der Waals surface area contributed by atoms with Crippen molar-refractivity contribution in [1.82, 2.24) is 4.90 Å². The van der Waals surface area contributed by atoms with Crippen molar-refractivity contribution in [3.8, 4) is 5.75 Å². The van der Waals surface area contributed by atoms with E-state index in [9.17, 15) is 28.6 Å². The van der Waals surface area contributed by atoms with Crippen LogP contribution in [0.3, 0.4) is 0 Å². The molecule has 8 heteroatoms. The molecule has 4 aromatic rings. The van der Waals surface area contributed by atoms with Crippen LogP contribution < -0.4 is 4.74 Å². The first-order chi connectivity index (χ1) is 26.3. The summed E-state index contributed by atoms with van der Waals surface area (Å²) in [6.07, 6.45) is 9.70. The summed E-state index contributed by atoms with van der Waals surface area (Å²) in [5.41, 5.74) is -2.16. The lowest BCUT2D eigenvalue weighted by atomic mass is 9.32. The van der Waals surface area contributed by atoms with Crippen molar-refractivity contribution in [3.63, 3.8) is 0 Å². The smallest absolute Gasteiger partial charge is 0.410 e. The fourth-order valence-corrected chi connectivity index (χ4v) is 12.1. The summed E-state index contributed by atoms with van der Waals surface area (Å²) in [4.78, 5) is 30.6. The number of aliphatic hydroxyl groups excluding tert-OH is 1. The van der Waals surface area contributed by atoms with Crippen LogP contribution in [0, 0.1) is 45.1 Å². The number of aliphatic hydroxyl groups is 2. The summed E-state index contributed by atoms with van der Waals surface area (Å²) in [5.74, 6) is -2.20. The van der Waals surface area contributed by atoms with Gasteiger partial charge in [0.15, 0.2) is 17.4 Å². The van der Waals surface area contributed by atoms with E-state index in [2.05, 4.69) is 32.1 Å². The number of ketones is 1. The molecule has 6 aliphatic rings. The maximum absolute atomic E-state index is 14.8. The molecule has 0 radical (unpaired) electrons. The molecule has 10 rings (SSSR count). The number of carbonyl (C=O) groups is 2. The van der Waals surface area contributed by atoms with Crippen molar-refractivity contribution in [2.45, 2.75) is 77.0 Å². The lowest BCUT2D eigenvalue weighted by Gasteiger charge is -2.71. The van der Waals surface area contributed by atoms with Gasteiger partial charge in [-0.2, -0.15) is 0 Å². The number of rotatable bonds is 7. The third kappa shape index (κ3) is 5.31. The van der Waals surface area contributed by atoms with Crippen LogP contribution in [0.2, 0.25) is 0 Å². The molecule has 4 aromatic carbocycles. The Morgan fingerprint density at radius 2 is 1.51 bits per heavy atom. The van der Waals surface area contributed by atoms with Crippen LogP contribution in [0.1, 0.15) is 74.7 Å². The minimum Gasteiger partial charge on any atom is -0.410 e. The Kier molecular flexibility index (Phi) is 8.30. The van der Waals surface area contributed by atoms with E-state index in [1.165, 1.54) is 6.07 Å². The number of amides is 1. The molecule has 284 valence electrons. The summed E-state index contributed by atoms with van der Waals surface area (Å²) in [6.45, 7) is 4.66. The molecule has 3 fully saturated rings. The van der Waals surface area contributed by atoms with Gasteiger partial charge in [0.2, 0.25) is 0 Å². The van der Waals surface area contributed by atoms with Crippen LogP contribution in [0.4, 0.5) is 13.6 Å². The molecular weight excluding hydrogens is 697 g/mol.